The summed E-state index contributed by atoms with van der Waals surface area (Å²) in [5, 5.41) is 40.0. The van der Waals surface area contributed by atoms with E-state index in [2.05, 4.69) is 74.6 Å². The van der Waals surface area contributed by atoms with Crippen LogP contribution in [0.3, 0.4) is 0 Å². The minimum Gasteiger partial charge on any atom is -0.479 e. The molecule has 11 nitrogen and oxygen atoms in total. The number of hydrogen-bond donors (Lipinski definition) is 4. The van der Waals surface area contributed by atoms with Crippen LogP contribution in [0.1, 0.15) is 219 Å². The number of ether oxygens (including phenoxy) is 4. The van der Waals surface area contributed by atoms with Gasteiger partial charge in [-0.2, -0.15) is 0 Å². The van der Waals surface area contributed by atoms with Crippen LogP contribution >= 0.6 is 0 Å². The third-order valence-corrected chi connectivity index (χ3v) is 11.9. The third-order valence-electron chi connectivity index (χ3n) is 11.9. The van der Waals surface area contributed by atoms with Gasteiger partial charge in [-0.05, 0) is 77.0 Å². The van der Waals surface area contributed by atoms with Gasteiger partial charge in [0.25, 0.3) is 0 Å². The molecular formula is C55H94O11. The summed E-state index contributed by atoms with van der Waals surface area (Å²) < 4.78 is 21.8. The van der Waals surface area contributed by atoms with Crippen LogP contribution in [-0.4, -0.2) is 88.4 Å². The monoisotopic (exact) mass is 931 g/mol. The smallest absolute Gasteiger partial charge is 0.335 e. The van der Waals surface area contributed by atoms with Gasteiger partial charge in [0.05, 0.1) is 6.61 Å². The van der Waals surface area contributed by atoms with Crippen molar-refractivity contribution in [2.75, 3.05) is 13.2 Å². The van der Waals surface area contributed by atoms with Crippen molar-refractivity contribution in [3.05, 3.63) is 60.8 Å². The second-order valence-corrected chi connectivity index (χ2v) is 18.0. The van der Waals surface area contributed by atoms with Gasteiger partial charge in [-0.15, -0.1) is 0 Å². The molecule has 0 aliphatic carbocycles. The summed E-state index contributed by atoms with van der Waals surface area (Å²) in [5.74, 6) is -2.46. The molecule has 0 aromatic rings. The van der Waals surface area contributed by atoms with E-state index in [1.165, 1.54) is 103 Å². The van der Waals surface area contributed by atoms with E-state index < -0.39 is 61.3 Å². The lowest BCUT2D eigenvalue weighted by molar-refractivity contribution is -0.298. The van der Waals surface area contributed by atoms with E-state index in [4.69, 9.17) is 18.9 Å². The van der Waals surface area contributed by atoms with Crippen molar-refractivity contribution in [1.29, 1.82) is 0 Å². The average molecular weight is 931 g/mol. The molecule has 4 N–H and O–H groups in total. The van der Waals surface area contributed by atoms with Crippen LogP contribution < -0.4 is 0 Å². The highest BCUT2D eigenvalue weighted by Gasteiger charge is 2.47. The largest absolute Gasteiger partial charge is 0.479 e. The number of allylic oxidation sites excluding steroid dienone is 10. The minimum absolute atomic E-state index is 0.176. The first kappa shape index (κ1) is 60.9. The van der Waals surface area contributed by atoms with Crippen LogP contribution in [0.4, 0.5) is 0 Å². The van der Waals surface area contributed by atoms with Crippen LogP contribution in [0.15, 0.2) is 60.8 Å². The van der Waals surface area contributed by atoms with Gasteiger partial charge >= 0.3 is 17.9 Å². The van der Waals surface area contributed by atoms with Gasteiger partial charge in [-0.1, -0.05) is 190 Å². The number of aliphatic carboxylic acids is 1. The molecule has 1 aliphatic heterocycles. The standard InChI is InChI=1S/C55H94O11/c1-3-5-7-9-11-13-15-17-19-21-22-23-24-25-26-28-30-32-34-36-38-40-42-44-49(57)65-47(46-64-55-52(60)50(58)51(59)53(66-55)54(61)62)45-63-48(56)43-41-39-37-35-33-31-29-27-20-18-16-14-12-10-8-6-4-2/h6,8,12,14-15,17-18,20-22,47,50-53,55,58-60H,3-5,7,9-11,13,16,19,23-46H2,1-2H3,(H,61,62)/b8-6-,14-12-,17-15-,20-18-,22-21-. The van der Waals surface area contributed by atoms with Crippen LogP contribution in [0, 0.1) is 0 Å². The van der Waals surface area contributed by atoms with Crippen LogP contribution in [0.2, 0.25) is 0 Å². The minimum atomic E-state index is -1.87. The SMILES string of the molecule is CC/C=C\C/C=C\C/C=C\CCCCCCCCCC(=O)OCC(COC1OC(C(=O)O)C(O)C(O)C1O)OC(=O)CCCCCCCCCCCCC/C=C\C/C=C\CCCCCCC. The van der Waals surface area contributed by atoms with Crippen LogP contribution in [0.5, 0.6) is 0 Å². The first-order valence-electron chi connectivity index (χ1n) is 26.3. The van der Waals surface area contributed by atoms with E-state index in [9.17, 15) is 34.8 Å². The maximum Gasteiger partial charge on any atom is 0.335 e. The highest BCUT2D eigenvalue weighted by molar-refractivity contribution is 5.73. The van der Waals surface area contributed by atoms with Gasteiger partial charge in [0.1, 0.15) is 24.9 Å². The number of aliphatic hydroxyl groups is 3. The zero-order valence-corrected chi connectivity index (χ0v) is 41.4. The number of carboxylic acids is 1. The van der Waals surface area contributed by atoms with Gasteiger partial charge in [-0.3, -0.25) is 9.59 Å². The fourth-order valence-electron chi connectivity index (χ4n) is 7.75. The fraction of sp³-hybridized carbons (Fsp3) is 0.764. The van der Waals surface area contributed by atoms with E-state index in [-0.39, 0.29) is 19.4 Å². The summed E-state index contributed by atoms with van der Waals surface area (Å²) in [5.41, 5.74) is 0. The molecule has 0 spiro atoms. The topological polar surface area (TPSA) is 169 Å². The lowest BCUT2D eigenvalue weighted by Crippen LogP contribution is -2.60. The van der Waals surface area contributed by atoms with E-state index >= 15 is 0 Å². The highest BCUT2D eigenvalue weighted by atomic mass is 16.7. The first-order valence-corrected chi connectivity index (χ1v) is 26.3. The summed E-state index contributed by atoms with van der Waals surface area (Å²) >= 11 is 0. The predicted molar refractivity (Wildman–Crippen MR) is 266 cm³/mol. The normalized spacial score (nSPS) is 19.6. The number of esters is 2. The molecule has 0 aromatic carbocycles. The van der Waals surface area contributed by atoms with Crippen LogP contribution in [0.25, 0.3) is 0 Å². The Labute approximate surface area is 400 Å². The Morgan fingerprint density at radius 1 is 0.485 bits per heavy atom. The molecule has 1 saturated heterocycles. The molecule has 1 aliphatic rings. The first-order chi connectivity index (χ1) is 32.2. The van der Waals surface area contributed by atoms with Gasteiger partial charge in [0.15, 0.2) is 18.5 Å². The molecule has 0 amide bonds. The molecule has 0 aromatic heterocycles. The maximum absolute atomic E-state index is 12.8. The number of unbranched alkanes of at least 4 members (excludes halogenated alkanes) is 23. The number of rotatable bonds is 44. The molecule has 11 heteroatoms. The molecule has 0 radical (unpaired) electrons. The molecule has 6 unspecified atom stereocenters. The van der Waals surface area contributed by atoms with Crippen molar-refractivity contribution in [2.45, 2.75) is 256 Å². The Balaban J connectivity index is 2.29. The van der Waals surface area contributed by atoms with E-state index in [1.54, 1.807) is 0 Å². The number of carbonyl (C=O) groups is 3. The molecule has 6 atom stereocenters. The van der Waals surface area contributed by atoms with Gasteiger partial charge in [-0.25, -0.2) is 4.79 Å². The van der Waals surface area contributed by atoms with Crippen molar-refractivity contribution in [2.24, 2.45) is 0 Å². The molecule has 1 rings (SSSR count). The lowest BCUT2D eigenvalue weighted by Gasteiger charge is -2.38. The number of carbonyl (C=O) groups excluding carboxylic acids is 2. The molecular weight excluding hydrogens is 837 g/mol. The second-order valence-electron chi connectivity index (χ2n) is 18.0. The summed E-state index contributed by atoms with van der Waals surface area (Å²) in [6.07, 6.45) is 46.9. The zero-order valence-electron chi connectivity index (χ0n) is 41.4. The van der Waals surface area contributed by atoms with E-state index in [0.717, 1.165) is 77.0 Å². The maximum atomic E-state index is 12.8. The van der Waals surface area contributed by atoms with E-state index in [1.807, 2.05) is 0 Å². The Morgan fingerprint density at radius 2 is 0.894 bits per heavy atom. The van der Waals surface area contributed by atoms with Gasteiger partial charge in [0, 0.05) is 12.8 Å². The molecule has 1 heterocycles. The third kappa shape index (κ3) is 35.1. The van der Waals surface area contributed by atoms with E-state index in [0.29, 0.717) is 12.8 Å². The summed E-state index contributed by atoms with van der Waals surface area (Å²) in [4.78, 5) is 37.0. The zero-order chi connectivity index (χ0) is 48.1. The summed E-state index contributed by atoms with van der Waals surface area (Å²) in [6.45, 7) is 3.70. The van der Waals surface area contributed by atoms with Gasteiger partial charge in [0.2, 0.25) is 0 Å². The Bertz CT molecular complexity index is 1320. The molecule has 66 heavy (non-hydrogen) atoms. The summed E-state index contributed by atoms with van der Waals surface area (Å²) in [6, 6.07) is 0. The van der Waals surface area contributed by atoms with Crippen LogP contribution in [-0.2, 0) is 33.3 Å². The Kier molecular flexibility index (Phi) is 41.0. The van der Waals surface area contributed by atoms with Crippen molar-refractivity contribution in [3.8, 4) is 0 Å². The average Bonchev–Trinajstić information content (AvgIpc) is 3.30. The lowest BCUT2D eigenvalue weighted by atomic mass is 9.99. The molecule has 0 saturated carbocycles. The van der Waals surface area contributed by atoms with Crippen molar-refractivity contribution < 1.29 is 53.8 Å². The molecule has 0 bridgehead atoms. The van der Waals surface area contributed by atoms with Gasteiger partial charge < -0.3 is 39.4 Å². The number of aliphatic hydroxyl groups excluding tert-OH is 3. The van der Waals surface area contributed by atoms with Crippen molar-refractivity contribution in [3.63, 3.8) is 0 Å². The quantitative estimate of drug-likeness (QED) is 0.0261. The molecule has 1 fully saturated rings. The number of hydrogen-bond acceptors (Lipinski definition) is 10. The molecule has 380 valence electrons. The highest BCUT2D eigenvalue weighted by Crippen LogP contribution is 2.23. The van der Waals surface area contributed by atoms with Crippen molar-refractivity contribution in [1.82, 2.24) is 0 Å². The second kappa shape index (κ2) is 44.4. The van der Waals surface area contributed by atoms with Crippen molar-refractivity contribution >= 4 is 17.9 Å². The summed E-state index contributed by atoms with van der Waals surface area (Å²) in [7, 11) is 0. The number of carboxylic acid groups (broad SMARTS) is 1. The Hall–Kier alpha value is -3.09. The Morgan fingerprint density at radius 3 is 1.35 bits per heavy atom. The fourth-order valence-corrected chi connectivity index (χ4v) is 7.75. The predicted octanol–water partition coefficient (Wildman–Crippen LogP) is 12.7.